The van der Waals surface area contributed by atoms with Crippen molar-refractivity contribution in [1.29, 1.82) is 0 Å². The molecule has 1 saturated heterocycles. The van der Waals surface area contributed by atoms with Crippen molar-refractivity contribution in [2.45, 2.75) is 25.9 Å². The lowest BCUT2D eigenvalue weighted by Crippen LogP contribution is -2.44. The van der Waals surface area contributed by atoms with E-state index in [-0.39, 0.29) is 18.5 Å². The summed E-state index contributed by atoms with van der Waals surface area (Å²) >= 11 is 3.41. The lowest BCUT2D eigenvalue weighted by atomic mass is 9.98. The molecule has 1 heterocycles. The average molecular weight is 386 g/mol. The smallest absolute Gasteiger partial charge is 0.310 e. The molecule has 0 spiro atoms. The third-order valence-electron chi connectivity index (χ3n) is 3.86. The summed E-state index contributed by atoms with van der Waals surface area (Å²) in [5.41, 5.74) is 0. The minimum absolute atomic E-state index is 0.0833. The van der Waals surface area contributed by atoms with Crippen LogP contribution in [0.2, 0.25) is 0 Å². The number of halogens is 1. The minimum atomic E-state index is -0.594. The summed E-state index contributed by atoms with van der Waals surface area (Å²) in [5, 5.41) is 10.2. The maximum absolute atomic E-state index is 11.8. The second kappa shape index (κ2) is 9.25. The minimum Gasteiger partial charge on any atom is -0.490 e. The molecule has 1 N–H and O–H groups in total. The number of rotatable bonds is 7. The van der Waals surface area contributed by atoms with Gasteiger partial charge in [-0.3, -0.25) is 9.69 Å². The van der Waals surface area contributed by atoms with Gasteiger partial charge < -0.3 is 14.6 Å². The first kappa shape index (κ1) is 18.2. The number of hydrogen-bond acceptors (Lipinski definition) is 5. The number of piperidine rings is 1. The van der Waals surface area contributed by atoms with Crippen LogP contribution < -0.4 is 4.74 Å². The molecule has 1 fully saturated rings. The highest BCUT2D eigenvalue weighted by Crippen LogP contribution is 2.24. The van der Waals surface area contributed by atoms with E-state index in [1.165, 1.54) is 0 Å². The molecule has 0 radical (unpaired) electrons. The highest BCUT2D eigenvalue weighted by molar-refractivity contribution is 9.10. The standard InChI is InChI=1S/C17H24BrNO4/c1-2-22-17(21)13-6-5-9-19(10-13)11-14(20)12-23-16-8-4-3-7-15(16)18/h3-4,7-8,13-14,20H,2,5-6,9-12H2,1H3. The Balaban J connectivity index is 1.77. The van der Waals surface area contributed by atoms with Crippen molar-refractivity contribution >= 4 is 21.9 Å². The first-order valence-corrected chi connectivity index (χ1v) is 8.83. The third kappa shape index (κ3) is 5.79. The molecule has 2 unspecified atom stereocenters. The summed E-state index contributed by atoms with van der Waals surface area (Å²) in [4.78, 5) is 13.9. The third-order valence-corrected chi connectivity index (χ3v) is 4.52. The zero-order valence-corrected chi connectivity index (χ0v) is 15.0. The number of aliphatic hydroxyl groups excluding tert-OH is 1. The number of hydrogen-bond donors (Lipinski definition) is 1. The topological polar surface area (TPSA) is 59.0 Å². The van der Waals surface area contributed by atoms with Crippen LogP contribution in [0.15, 0.2) is 28.7 Å². The van der Waals surface area contributed by atoms with Crippen LogP contribution in [-0.4, -0.2) is 54.9 Å². The van der Waals surface area contributed by atoms with Crippen LogP contribution in [0.3, 0.4) is 0 Å². The first-order chi connectivity index (χ1) is 11.1. The number of benzene rings is 1. The van der Waals surface area contributed by atoms with Gasteiger partial charge in [-0.2, -0.15) is 0 Å². The Kier molecular flexibility index (Phi) is 7.33. The lowest BCUT2D eigenvalue weighted by molar-refractivity contribution is -0.150. The number of likely N-dealkylation sites (tertiary alicyclic amines) is 1. The maximum Gasteiger partial charge on any atom is 0.310 e. The number of aliphatic hydroxyl groups is 1. The Bertz CT molecular complexity index is 511. The van der Waals surface area contributed by atoms with E-state index in [2.05, 4.69) is 20.8 Å². The van der Waals surface area contributed by atoms with Crippen LogP contribution in [0.25, 0.3) is 0 Å². The number of carbonyl (C=O) groups excluding carboxylic acids is 1. The quantitative estimate of drug-likeness (QED) is 0.730. The van der Waals surface area contributed by atoms with Gasteiger partial charge in [0.2, 0.25) is 0 Å². The van der Waals surface area contributed by atoms with Gasteiger partial charge in [0.25, 0.3) is 0 Å². The largest absolute Gasteiger partial charge is 0.490 e. The van der Waals surface area contributed by atoms with Gasteiger partial charge in [0, 0.05) is 13.1 Å². The maximum atomic E-state index is 11.8. The molecule has 1 aliphatic heterocycles. The molecule has 2 atom stereocenters. The zero-order chi connectivity index (χ0) is 16.7. The van der Waals surface area contributed by atoms with Crippen molar-refractivity contribution in [3.63, 3.8) is 0 Å². The van der Waals surface area contributed by atoms with Gasteiger partial charge in [0.15, 0.2) is 0 Å². The highest BCUT2D eigenvalue weighted by Gasteiger charge is 2.27. The van der Waals surface area contributed by atoms with Crippen LogP contribution in [0.5, 0.6) is 5.75 Å². The molecule has 6 heteroatoms. The second-order valence-electron chi connectivity index (χ2n) is 5.75. The van der Waals surface area contributed by atoms with E-state index in [0.717, 1.165) is 29.6 Å². The SMILES string of the molecule is CCOC(=O)C1CCCN(CC(O)COc2ccccc2Br)C1. The summed E-state index contributed by atoms with van der Waals surface area (Å²) in [5.74, 6) is 0.505. The van der Waals surface area contributed by atoms with Gasteiger partial charge in [0.05, 0.1) is 17.0 Å². The summed E-state index contributed by atoms with van der Waals surface area (Å²) in [6.07, 6.45) is 1.21. The number of esters is 1. The summed E-state index contributed by atoms with van der Waals surface area (Å²) in [6, 6.07) is 7.56. The lowest BCUT2D eigenvalue weighted by Gasteiger charge is -2.32. The van der Waals surface area contributed by atoms with Crippen molar-refractivity contribution in [2.24, 2.45) is 5.92 Å². The molecule has 0 bridgehead atoms. The van der Waals surface area contributed by atoms with Crippen LogP contribution in [-0.2, 0) is 9.53 Å². The van der Waals surface area contributed by atoms with E-state index in [4.69, 9.17) is 9.47 Å². The van der Waals surface area contributed by atoms with E-state index in [1.807, 2.05) is 31.2 Å². The number of β-amino-alcohol motifs (C(OH)–C–C–N with tert-alkyl or cyclic N) is 1. The van der Waals surface area contributed by atoms with Gasteiger partial charge in [-0.25, -0.2) is 0 Å². The molecule has 1 aromatic rings. The normalized spacial score (nSPS) is 20.0. The number of para-hydroxylation sites is 1. The van der Waals surface area contributed by atoms with E-state index in [1.54, 1.807) is 0 Å². The molecule has 0 aromatic heterocycles. The van der Waals surface area contributed by atoms with Gasteiger partial charge in [-0.1, -0.05) is 12.1 Å². The predicted octanol–water partition coefficient (Wildman–Crippen LogP) is 2.46. The Hall–Kier alpha value is -1.11. The molecule has 1 aromatic carbocycles. The fourth-order valence-corrected chi connectivity index (χ4v) is 3.17. The number of carbonyl (C=O) groups is 1. The van der Waals surface area contributed by atoms with Crippen LogP contribution in [0, 0.1) is 5.92 Å². The Morgan fingerprint density at radius 1 is 1.48 bits per heavy atom. The molecule has 5 nitrogen and oxygen atoms in total. The summed E-state index contributed by atoms with van der Waals surface area (Å²) < 4.78 is 11.6. The van der Waals surface area contributed by atoms with Crippen molar-refractivity contribution in [3.05, 3.63) is 28.7 Å². The summed E-state index contributed by atoms with van der Waals surface area (Å²) in [7, 11) is 0. The fourth-order valence-electron chi connectivity index (χ4n) is 2.77. The van der Waals surface area contributed by atoms with Crippen LogP contribution in [0.4, 0.5) is 0 Å². The Morgan fingerprint density at radius 3 is 3.00 bits per heavy atom. The molecule has 23 heavy (non-hydrogen) atoms. The second-order valence-corrected chi connectivity index (χ2v) is 6.60. The number of nitrogens with zero attached hydrogens (tertiary/aromatic N) is 1. The molecular weight excluding hydrogens is 362 g/mol. The van der Waals surface area contributed by atoms with Crippen molar-refractivity contribution in [1.82, 2.24) is 4.90 Å². The van der Waals surface area contributed by atoms with Crippen molar-refractivity contribution in [3.8, 4) is 5.75 Å². The van der Waals surface area contributed by atoms with Crippen molar-refractivity contribution < 1.29 is 19.4 Å². The molecule has 128 valence electrons. The van der Waals surface area contributed by atoms with Crippen molar-refractivity contribution in [2.75, 3.05) is 32.8 Å². The van der Waals surface area contributed by atoms with Gasteiger partial charge in [-0.15, -0.1) is 0 Å². The van der Waals surface area contributed by atoms with Crippen LogP contribution in [0.1, 0.15) is 19.8 Å². The van der Waals surface area contributed by atoms with E-state index < -0.39 is 6.10 Å². The molecule has 1 aliphatic rings. The van der Waals surface area contributed by atoms with Gasteiger partial charge in [-0.05, 0) is 54.4 Å². The molecular formula is C17H24BrNO4. The highest BCUT2D eigenvalue weighted by atomic mass is 79.9. The molecule has 0 aliphatic carbocycles. The van der Waals surface area contributed by atoms with E-state index >= 15 is 0 Å². The number of ether oxygens (including phenoxy) is 2. The summed E-state index contributed by atoms with van der Waals surface area (Å²) in [6.45, 7) is 4.50. The van der Waals surface area contributed by atoms with Gasteiger partial charge in [0.1, 0.15) is 18.5 Å². The average Bonchev–Trinajstić information content (AvgIpc) is 2.54. The first-order valence-electron chi connectivity index (χ1n) is 8.04. The Labute approximate surface area is 145 Å². The fraction of sp³-hybridized carbons (Fsp3) is 0.588. The molecule has 0 saturated carbocycles. The zero-order valence-electron chi connectivity index (χ0n) is 13.4. The molecule has 0 amide bonds. The van der Waals surface area contributed by atoms with E-state index in [9.17, 15) is 9.90 Å². The van der Waals surface area contributed by atoms with Crippen LogP contribution >= 0.6 is 15.9 Å². The molecule has 2 rings (SSSR count). The van der Waals surface area contributed by atoms with E-state index in [0.29, 0.717) is 19.7 Å². The monoisotopic (exact) mass is 385 g/mol. The predicted molar refractivity (Wildman–Crippen MR) is 91.4 cm³/mol. The Morgan fingerprint density at radius 2 is 2.26 bits per heavy atom. The van der Waals surface area contributed by atoms with Gasteiger partial charge >= 0.3 is 5.97 Å².